The van der Waals surface area contributed by atoms with Crippen LogP contribution in [0.25, 0.3) is 22.3 Å². The van der Waals surface area contributed by atoms with E-state index in [-0.39, 0.29) is 5.56 Å². The lowest BCUT2D eigenvalue weighted by Gasteiger charge is -2.32. The molecule has 1 saturated heterocycles. The summed E-state index contributed by atoms with van der Waals surface area (Å²) in [6, 6.07) is 17.1. The highest BCUT2D eigenvalue weighted by atomic mass is 16.5. The van der Waals surface area contributed by atoms with E-state index in [0.29, 0.717) is 36.6 Å². The number of hydrogen-bond donors (Lipinski definition) is 2. The van der Waals surface area contributed by atoms with Gasteiger partial charge in [-0.2, -0.15) is 0 Å². The number of morpholine rings is 1. The highest BCUT2D eigenvalue weighted by Gasteiger charge is 2.18. The molecule has 5 rings (SSSR count). The van der Waals surface area contributed by atoms with Crippen LogP contribution in [0.1, 0.15) is 13.8 Å². The summed E-state index contributed by atoms with van der Waals surface area (Å²) in [5, 5.41) is 4.13. The van der Waals surface area contributed by atoms with Crippen LogP contribution in [0.3, 0.4) is 0 Å². The third-order valence-corrected chi connectivity index (χ3v) is 6.27. The number of benzene rings is 2. The second kappa shape index (κ2) is 11.4. The number of anilines is 2. The third-order valence-electron chi connectivity index (χ3n) is 6.27. The van der Waals surface area contributed by atoms with Gasteiger partial charge in [0.1, 0.15) is 23.9 Å². The topological polar surface area (TPSA) is 102 Å². The van der Waals surface area contributed by atoms with Crippen LogP contribution in [-0.4, -0.2) is 65.4 Å². The summed E-state index contributed by atoms with van der Waals surface area (Å²) in [6.07, 6.45) is 1.62. The third kappa shape index (κ3) is 6.07. The molecule has 0 bridgehead atoms. The van der Waals surface area contributed by atoms with E-state index < -0.39 is 0 Å². The minimum Gasteiger partial charge on any atom is -0.494 e. The van der Waals surface area contributed by atoms with Gasteiger partial charge in [0.15, 0.2) is 5.82 Å². The van der Waals surface area contributed by atoms with Gasteiger partial charge in [0.2, 0.25) is 5.56 Å². The number of nitrogens with zero attached hydrogens (tertiary/aromatic N) is 3. The molecule has 0 radical (unpaired) electrons. The molecular weight excluding hydrogens is 470 g/mol. The van der Waals surface area contributed by atoms with E-state index in [4.69, 9.17) is 24.2 Å². The molecule has 1 fully saturated rings. The van der Waals surface area contributed by atoms with Crippen LogP contribution < -0.4 is 20.3 Å². The van der Waals surface area contributed by atoms with Crippen molar-refractivity contribution in [3.8, 4) is 22.9 Å². The van der Waals surface area contributed by atoms with Crippen LogP contribution in [0.5, 0.6) is 11.5 Å². The Morgan fingerprint density at radius 2 is 2.00 bits per heavy atom. The zero-order chi connectivity index (χ0) is 25.6. The summed E-state index contributed by atoms with van der Waals surface area (Å²) in [5.74, 6) is 2.68. The van der Waals surface area contributed by atoms with Crippen molar-refractivity contribution in [2.24, 2.45) is 0 Å². The first kappa shape index (κ1) is 24.7. The van der Waals surface area contributed by atoms with E-state index in [1.54, 1.807) is 12.3 Å². The highest BCUT2D eigenvalue weighted by Crippen LogP contribution is 2.31. The molecule has 1 aliphatic heterocycles. The molecule has 37 heavy (non-hydrogen) atoms. The van der Waals surface area contributed by atoms with E-state index >= 15 is 0 Å². The van der Waals surface area contributed by atoms with Gasteiger partial charge in [-0.25, -0.2) is 9.97 Å². The molecule has 9 nitrogen and oxygen atoms in total. The normalized spacial score (nSPS) is 16.0. The largest absolute Gasteiger partial charge is 0.494 e. The van der Waals surface area contributed by atoms with Crippen molar-refractivity contribution in [3.05, 3.63) is 71.1 Å². The van der Waals surface area contributed by atoms with Crippen molar-refractivity contribution in [1.29, 1.82) is 0 Å². The first-order valence-electron chi connectivity index (χ1n) is 12.5. The van der Waals surface area contributed by atoms with E-state index in [1.807, 2.05) is 49.4 Å². The summed E-state index contributed by atoms with van der Waals surface area (Å²) in [6.45, 7) is 8.56. The smallest absolute Gasteiger partial charge is 0.248 e. The molecule has 3 heterocycles. The van der Waals surface area contributed by atoms with Gasteiger partial charge in [-0.05, 0) is 50.2 Å². The van der Waals surface area contributed by atoms with Crippen molar-refractivity contribution in [3.63, 3.8) is 0 Å². The lowest BCUT2D eigenvalue weighted by atomic mass is 10.1. The standard InChI is InChI=1S/C28H31N5O4/c1-3-36-23-8-9-25-24(16-23)28(30-21-7-10-26(34)29-17-21)32-27(31-25)20-5-4-6-22(15-20)37-14-12-33-11-13-35-18-19(33)2/h4-10,15-17,19H,3,11-14,18H2,1-2H3,(H,29,34)(H,30,31,32). The molecule has 2 N–H and O–H groups in total. The number of H-pyrrole nitrogens is 1. The SMILES string of the molecule is CCOc1ccc2nc(-c3cccc(OCCN4CCOCC4C)c3)nc(Nc3ccc(=O)[nH]c3)c2c1. The zero-order valence-electron chi connectivity index (χ0n) is 21.1. The molecule has 0 saturated carbocycles. The van der Waals surface area contributed by atoms with Crippen LogP contribution in [0.4, 0.5) is 11.5 Å². The Morgan fingerprint density at radius 1 is 1.11 bits per heavy atom. The molecule has 9 heteroatoms. The Bertz CT molecular complexity index is 1400. The maximum absolute atomic E-state index is 11.5. The number of nitrogens with one attached hydrogen (secondary N) is 2. The number of rotatable bonds is 9. The van der Waals surface area contributed by atoms with Gasteiger partial charge >= 0.3 is 0 Å². The minimum atomic E-state index is -0.169. The van der Waals surface area contributed by atoms with E-state index in [0.717, 1.165) is 54.3 Å². The van der Waals surface area contributed by atoms with Gasteiger partial charge in [-0.3, -0.25) is 9.69 Å². The van der Waals surface area contributed by atoms with Crippen LogP contribution in [0.15, 0.2) is 65.6 Å². The maximum atomic E-state index is 11.5. The second-order valence-electron chi connectivity index (χ2n) is 8.91. The number of aromatic amines is 1. The second-order valence-corrected chi connectivity index (χ2v) is 8.91. The molecule has 192 valence electrons. The molecule has 1 aliphatic rings. The van der Waals surface area contributed by atoms with Crippen molar-refractivity contribution in [2.45, 2.75) is 19.9 Å². The fourth-order valence-corrected chi connectivity index (χ4v) is 4.31. The van der Waals surface area contributed by atoms with E-state index in [1.165, 1.54) is 6.07 Å². The molecule has 0 aliphatic carbocycles. The molecular formula is C28H31N5O4. The quantitative estimate of drug-likeness (QED) is 0.351. The molecule has 2 aromatic heterocycles. The first-order chi connectivity index (χ1) is 18.1. The van der Waals surface area contributed by atoms with Crippen molar-refractivity contribution >= 4 is 22.4 Å². The molecule has 2 aromatic carbocycles. The van der Waals surface area contributed by atoms with Crippen LogP contribution in [-0.2, 0) is 4.74 Å². The van der Waals surface area contributed by atoms with Gasteiger partial charge in [-0.15, -0.1) is 0 Å². The lowest BCUT2D eigenvalue weighted by molar-refractivity contribution is -0.00514. The van der Waals surface area contributed by atoms with Gasteiger partial charge < -0.3 is 24.5 Å². The maximum Gasteiger partial charge on any atom is 0.248 e. The molecule has 4 aromatic rings. The van der Waals surface area contributed by atoms with Gasteiger partial charge in [0.25, 0.3) is 0 Å². The molecule has 1 atom stereocenters. The molecule has 0 spiro atoms. The van der Waals surface area contributed by atoms with Crippen LogP contribution in [0.2, 0.25) is 0 Å². The van der Waals surface area contributed by atoms with Crippen molar-refractivity contribution < 1.29 is 14.2 Å². The highest BCUT2D eigenvalue weighted by molar-refractivity contribution is 5.93. The Labute approximate surface area is 215 Å². The number of aromatic nitrogens is 3. The van der Waals surface area contributed by atoms with Crippen LogP contribution >= 0.6 is 0 Å². The van der Waals surface area contributed by atoms with E-state index in [9.17, 15) is 4.79 Å². The molecule has 0 amide bonds. The summed E-state index contributed by atoms with van der Waals surface area (Å²) < 4.78 is 17.3. The van der Waals surface area contributed by atoms with E-state index in [2.05, 4.69) is 22.1 Å². The lowest BCUT2D eigenvalue weighted by Crippen LogP contribution is -2.45. The predicted octanol–water partition coefficient (Wildman–Crippen LogP) is 4.23. The van der Waals surface area contributed by atoms with Crippen molar-refractivity contribution in [1.82, 2.24) is 19.9 Å². The Morgan fingerprint density at radius 3 is 2.81 bits per heavy atom. The summed E-state index contributed by atoms with van der Waals surface area (Å²) >= 11 is 0. The number of hydrogen-bond acceptors (Lipinski definition) is 8. The monoisotopic (exact) mass is 501 g/mol. The minimum absolute atomic E-state index is 0.169. The Kier molecular flexibility index (Phi) is 7.62. The first-order valence-corrected chi connectivity index (χ1v) is 12.5. The molecule has 1 unspecified atom stereocenters. The number of pyridine rings is 1. The van der Waals surface area contributed by atoms with Gasteiger partial charge in [0, 0.05) is 42.3 Å². The number of ether oxygens (including phenoxy) is 3. The zero-order valence-corrected chi connectivity index (χ0v) is 21.1. The Balaban J connectivity index is 1.42. The summed E-state index contributed by atoms with van der Waals surface area (Å²) in [4.78, 5) is 26.2. The Hall–Kier alpha value is -3.95. The summed E-state index contributed by atoms with van der Waals surface area (Å²) in [5.41, 5.74) is 2.16. The summed E-state index contributed by atoms with van der Waals surface area (Å²) in [7, 11) is 0. The average Bonchev–Trinajstić information content (AvgIpc) is 2.91. The van der Waals surface area contributed by atoms with Crippen molar-refractivity contribution in [2.75, 3.05) is 44.8 Å². The fourth-order valence-electron chi connectivity index (χ4n) is 4.31. The number of fused-ring (bicyclic) bond motifs is 1. The van der Waals surface area contributed by atoms with Gasteiger partial charge in [0.05, 0.1) is 31.0 Å². The van der Waals surface area contributed by atoms with Gasteiger partial charge in [-0.1, -0.05) is 12.1 Å². The fraction of sp³-hybridized carbons (Fsp3) is 0.321. The predicted molar refractivity (Wildman–Crippen MR) is 144 cm³/mol. The van der Waals surface area contributed by atoms with Crippen LogP contribution in [0, 0.1) is 0 Å². The average molecular weight is 502 g/mol.